The molecule has 0 atom stereocenters. The number of carbonyl (C=O) groups is 1. The van der Waals surface area contributed by atoms with E-state index in [1.165, 1.54) is 0 Å². The van der Waals surface area contributed by atoms with Gasteiger partial charge in [0.1, 0.15) is 5.82 Å². The van der Waals surface area contributed by atoms with E-state index in [9.17, 15) is 4.79 Å². The Hall–Kier alpha value is -2.94. The molecule has 2 heterocycles. The highest BCUT2D eigenvalue weighted by Crippen LogP contribution is 2.26. The number of nitrogens with one attached hydrogen (secondary N) is 2. The molecule has 0 unspecified atom stereocenters. The van der Waals surface area contributed by atoms with E-state index in [2.05, 4.69) is 20.6 Å². The minimum atomic E-state index is -0.165. The lowest BCUT2D eigenvalue weighted by atomic mass is 10.1. The van der Waals surface area contributed by atoms with Gasteiger partial charge in [-0.1, -0.05) is 65.2 Å². The van der Waals surface area contributed by atoms with Gasteiger partial charge in [0.25, 0.3) is 0 Å². The van der Waals surface area contributed by atoms with E-state index < -0.39 is 0 Å². The van der Waals surface area contributed by atoms with Crippen LogP contribution in [0.3, 0.4) is 0 Å². The summed E-state index contributed by atoms with van der Waals surface area (Å²) >= 11 is 17.7. The first-order chi connectivity index (χ1) is 15.4. The fourth-order valence-electron chi connectivity index (χ4n) is 3.26. The molecule has 4 aromatic rings. The van der Waals surface area contributed by atoms with Gasteiger partial charge >= 0.3 is 0 Å². The van der Waals surface area contributed by atoms with E-state index >= 15 is 0 Å². The van der Waals surface area contributed by atoms with E-state index in [-0.39, 0.29) is 12.3 Å². The molecule has 10 heteroatoms. The number of rotatable bonds is 7. The molecule has 0 aliphatic rings. The van der Waals surface area contributed by atoms with E-state index in [0.29, 0.717) is 39.5 Å². The normalized spacial score (nSPS) is 11.0. The molecule has 0 aliphatic carbocycles. The number of H-pyrrole nitrogens is 1. The van der Waals surface area contributed by atoms with E-state index in [1.807, 2.05) is 47.9 Å². The summed E-state index contributed by atoms with van der Waals surface area (Å²) in [5.41, 5.74) is 2.90. The van der Waals surface area contributed by atoms with Crippen molar-refractivity contribution in [3.8, 4) is 11.4 Å². The topological polar surface area (TPSA) is 80.5 Å². The maximum Gasteiger partial charge on any atom is 0.227 e. The minimum Gasteiger partial charge on any atom is -0.311 e. The molecule has 2 N–H and O–H groups in total. The molecule has 0 saturated heterocycles. The SMILES string of the molecule is Cc1ccc(-c2n[nH]c(=S)n2CCC(=O)Nc2ccnn2Cc2cccc(Cl)c2Cl)cc1. The zero-order valence-corrected chi connectivity index (χ0v) is 19.5. The minimum absolute atomic E-state index is 0.165. The number of aromatic nitrogens is 5. The largest absolute Gasteiger partial charge is 0.311 e. The summed E-state index contributed by atoms with van der Waals surface area (Å²) in [7, 11) is 0. The predicted molar refractivity (Wildman–Crippen MR) is 129 cm³/mol. The summed E-state index contributed by atoms with van der Waals surface area (Å²) in [6, 6.07) is 15.1. The van der Waals surface area contributed by atoms with Crippen molar-refractivity contribution in [2.45, 2.75) is 26.4 Å². The van der Waals surface area contributed by atoms with Gasteiger partial charge in [-0.25, -0.2) is 4.68 Å². The van der Waals surface area contributed by atoms with Crippen LogP contribution in [0.2, 0.25) is 10.0 Å². The van der Waals surface area contributed by atoms with Gasteiger partial charge in [-0.3, -0.25) is 14.5 Å². The van der Waals surface area contributed by atoms with Crippen molar-refractivity contribution in [1.29, 1.82) is 0 Å². The van der Waals surface area contributed by atoms with Crippen LogP contribution >= 0.6 is 35.4 Å². The van der Waals surface area contributed by atoms with Crippen LogP contribution in [0.5, 0.6) is 0 Å². The molecule has 0 fully saturated rings. The standard InChI is InChI=1S/C22H20Cl2N6OS/c1-14-5-7-15(8-6-14)21-27-28-22(32)29(21)12-10-19(31)26-18-9-11-25-30(18)13-16-3-2-4-17(23)20(16)24/h2-9,11H,10,12-13H2,1H3,(H,26,31)(H,28,32). The average Bonchev–Trinajstić information content (AvgIpc) is 3.36. The van der Waals surface area contributed by atoms with Crippen LogP contribution in [0.25, 0.3) is 11.4 Å². The first-order valence-corrected chi connectivity index (χ1v) is 11.1. The first kappa shape index (κ1) is 22.3. The van der Waals surface area contributed by atoms with Crippen LogP contribution in [0.1, 0.15) is 17.5 Å². The molecule has 1 amide bonds. The Kier molecular flexibility index (Phi) is 6.74. The number of hydrogen-bond acceptors (Lipinski definition) is 4. The highest BCUT2D eigenvalue weighted by atomic mass is 35.5. The van der Waals surface area contributed by atoms with Crippen molar-refractivity contribution in [1.82, 2.24) is 24.5 Å². The maximum absolute atomic E-state index is 12.7. The molecule has 0 radical (unpaired) electrons. The van der Waals surface area contributed by atoms with Crippen molar-refractivity contribution in [3.63, 3.8) is 0 Å². The van der Waals surface area contributed by atoms with Crippen molar-refractivity contribution in [2.24, 2.45) is 0 Å². The smallest absolute Gasteiger partial charge is 0.227 e. The lowest BCUT2D eigenvalue weighted by Gasteiger charge is -2.11. The van der Waals surface area contributed by atoms with Crippen molar-refractivity contribution in [3.05, 3.63) is 80.7 Å². The zero-order valence-electron chi connectivity index (χ0n) is 17.2. The number of anilines is 1. The molecule has 0 saturated carbocycles. The monoisotopic (exact) mass is 486 g/mol. The van der Waals surface area contributed by atoms with Crippen molar-refractivity contribution < 1.29 is 4.79 Å². The Balaban J connectivity index is 1.44. The summed E-state index contributed by atoms with van der Waals surface area (Å²) in [5, 5.41) is 15.3. The Morgan fingerprint density at radius 3 is 2.72 bits per heavy atom. The van der Waals surface area contributed by atoms with Crippen LogP contribution in [-0.2, 0) is 17.9 Å². The summed E-state index contributed by atoms with van der Waals surface area (Å²) < 4.78 is 3.95. The fourth-order valence-corrected chi connectivity index (χ4v) is 3.87. The van der Waals surface area contributed by atoms with Gasteiger partial charge in [0.2, 0.25) is 5.91 Å². The molecular weight excluding hydrogens is 467 g/mol. The summed E-state index contributed by atoms with van der Waals surface area (Å²) in [6.45, 7) is 2.79. The van der Waals surface area contributed by atoms with E-state index in [4.69, 9.17) is 35.4 Å². The predicted octanol–water partition coefficient (Wildman–Crippen LogP) is 5.50. The van der Waals surface area contributed by atoms with Crippen LogP contribution in [0.15, 0.2) is 54.7 Å². The number of aryl methyl sites for hydroxylation is 1. The fraction of sp³-hybridized carbons (Fsp3) is 0.182. The zero-order chi connectivity index (χ0) is 22.7. The molecule has 4 rings (SSSR count). The first-order valence-electron chi connectivity index (χ1n) is 9.89. The van der Waals surface area contributed by atoms with Crippen LogP contribution in [-0.4, -0.2) is 30.5 Å². The average molecular weight is 487 g/mol. The van der Waals surface area contributed by atoms with Gasteiger partial charge in [-0.05, 0) is 30.8 Å². The molecule has 2 aromatic carbocycles. The summed E-state index contributed by atoms with van der Waals surface area (Å²) in [5.74, 6) is 1.10. The lowest BCUT2D eigenvalue weighted by Crippen LogP contribution is -2.18. The third-order valence-corrected chi connectivity index (χ3v) is 6.14. The maximum atomic E-state index is 12.7. The van der Waals surface area contributed by atoms with E-state index in [0.717, 1.165) is 16.7 Å². The highest BCUT2D eigenvalue weighted by molar-refractivity contribution is 7.71. The Morgan fingerprint density at radius 2 is 1.94 bits per heavy atom. The molecule has 0 aliphatic heterocycles. The Morgan fingerprint density at radius 1 is 1.16 bits per heavy atom. The molecule has 0 spiro atoms. The molecule has 7 nitrogen and oxygen atoms in total. The number of aromatic amines is 1. The van der Waals surface area contributed by atoms with Crippen molar-refractivity contribution >= 4 is 47.1 Å². The quantitative estimate of drug-likeness (QED) is 0.338. The summed E-state index contributed by atoms with van der Waals surface area (Å²) in [4.78, 5) is 12.7. The number of hydrogen-bond donors (Lipinski definition) is 2. The number of amides is 1. The number of carbonyl (C=O) groups excluding carboxylic acids is 1. The second kappa shape index (κ2) is 9.68. The number of halogens is 2. The second-order valence-corrected chi connectivity index (χ2v) is 8.43. The van der Waals surface area contributed by atoms with Crippen molar-refractivity contribution in [2.75, 3.05) is 5.32 Å². The Labute approximate surface area is 200 Å². The third-order valence-electron chi connectivity index (χ3n) is 4.97. The molecule has 2 aromatic heterocycles. The van der Waals surface area contributed by atoms with Gasteiger partial charge in [-0.15, -0.1) is 0 Å². The third kappa shape index (κ3) is 4.93. The number of benzene rings is 2. The Bertz CT molecular complexity index is 1310. The van der Waals surface area contributed by atoms with Gasteiger partial charge in [-0.2, -0.15) is 10.2 Å². The van der Waals surface area contributed by atoms with Crippen LogP contribution < -0.4 is 5.32 Å². The lowest BCUT2D eigenvalue weighted by molar-refractivity contribution is -0.116. The van der Waals surface area contributed by atoms with Gasteiger partial charge < -0.3 is 5.32 Å². The highest BCUT2D eigenvalue weighted by Gasteiger charge is 2.13. The molecule has 164 valence electrons. The van der Waals surface area contributed by atoms with Crippen LogP contribution in [0.4, 0.5) is 5.82 Å². The van der Waals surface area contributed by atoms with E-state index in [1.54, 1.807) is 23.0 Å². The molecular formula is C22H20Cl2N6OS. The van der Waals surface area contributed by atoms with Gasteiger partial charge in [0.15, 0.2) is 10.6 Å². The van der Waals surface area contributed by atoms with Gasteiger partial charge in [0.05, 0.1) is 22.8 Å². The second-order valence-electron chi connectivity index (χ2n) is 7.26. The molecule has 0 bridgehead atoms. The number of nitrogens with zero attached hydrogens (tertiary/aromatic N) is 4. The van der Waals surface area contributed by atoms with Crippen LogP contribution in [0, 0.1) is 11.7 Å². The summed E-state index contributed by atoms with van der Waals surface area (Å²) in [6.07, 6.45) is 1.84. The molecule has 32 heavy (non-hydrogen) atoms. The van der Waals surface area contributed by atoms with Gasteiger partial charge in [0, 0.05) is 24.6 Å².